The first-order valence-corrected chi connectivity index (χ1v) is 10.2. The second-order valence-electron chi connectivity index (χ2n) is 6.34. The molecule has 1 aliphatic heterocycles. The number of rotatable bonds is 8. The highest BCUT2D eigenvalue weighted by Crippen LogP contribution is 2.34. The van der Waals surface area contributed by atoms with Crippen molar-refractivity contribution in [3.8, 4) is 5.75 Å². The Bertz CT molecular complexity index is 807. The number of aromatic nitrogens is 2. The van der Waals surface area contributed by atoms with Gasteiger partial charge in [-0.3, -0.25) is 9.59 Å². The maximum absolute atomic E-state index is 12.6. The number of ether oxygens (including phenoxy) is 1. The molecule has 0 radical (unpaired) electrons. The molecule has 8 heteroatoms. The van der Waals surface area contributed by atoms with Crippen LogP contribution in [-0.4, -0.2) is 34.2 Å². The summed E-state index contributed by atoms with van der Waals surface area (Å²) in [5.74, 6) is 2.40. The van der Waals surface area contributed by atoms with Crippen LogP contribution in [0.1, 0.15) is 31.5 Å². The average molecular weight is 388 g/mol. The van der Waals surface area contributed by atoms with Crippen LogP contribution < -0.4 is 15.4 Å². The Balaban J connectivity index is 1.71. The standard InChI is InChI=1S/C19H24N4O3S/c1-3-9-20-17(24)10-23-18(15-11-27-12-16(15)22-23)21-19(25)13(2)26-14-7-5-4-6-8-14/h4-8,13H,3,9-12H2,1-2H3,(H,20,24)(H,21,25). The topological polar surface area (TPSA) is 85.3 Å². The summed E-state index contributed by atoms with van der Waals surface area (Å²) in [5.41, 5.74) is 1.92. The third-order valence-electron chi connectivity index (χ3n) is 4.15. The molecule has 1 aromatic carbocycles. The zero-order chi connectivity index (χ0) is 19.2. The molecule has 7 nitrogen and oxygen atoms in total. The maximum atomic E-state index is 12.6. The summed E-state index contributed by atoms with van der Waals surface area (Å²) in [4.78, 5) is 24.7. The van der Waals surface area contributed by atoms with E-state index >= 15 is 0 Å². The van der Waals surface area contributed by atoms with E-state index in [1.165, 1.54) is 0 Å². The minimum absolute atomic E-state index is 0.0845. The number of amides is 2. The minimum Gasteiger partial charge on any atom is -0.481 e. The quantitative estimate of drug-likeness (QED) is 0.726. The van der Waals surface area contributed by atoms with Crippen molar-refractivity contribution in [1.82, 2.24) is 15.1 Å². The monoisotopic (exact) mass is 388 g/mol. The van der Waals surface area contributed by atoms with E-state index in [0.29, 0.717) is 18.1 Å². The van der Waals surface area contributed by atoms with Crippen LogP contribution in [-0.2, 0) is 27.6 Å². The number of nitrogens with zero attached hydrogens (tertiary/aromatic N) is 2. The number of carbonyl (C=O) groups is 2. The molecule has 1 atom stereocenters. The van der Waals surface area contributed by atoms with Gasteiger partial charge in [0.1, 0.15) is 18.1 Å². The highest BCUT2D eigenvalue weighted by atomic mass is 32.2. The molecule has 144 valence electrons. The Hall–Kier alpha value is -2.48. The van der Waals surface area contributed by atoms with E-state index in [9.17, 15) is 9.59 Å². The Morgan fingerprint density at radius 2 is 2.07 bits per heavy atom. The van der Waals surface area contributed by atoms with Gasteiger partial charge in [0.05, 0.1) is 5.69 Å². The van der Waals surface area contributed by atoms with E-state index < -0.39 is 6.10 Å². The molecule has 2 amide bonds. The van der Waals surface area contributed by atoms with Crippen molar-refractivity contribution >= 4 is 29.4 Å². The molecule has 0 saturated carbocycles. The largest absolute Gasteiger partial charge is 0.481 e. The summed E-state index contributed by atoms with van der Waals surface area (Å²) in [6.07, 6.45) is 0.199. The van der Waals surface area contributed by atoms with Gasteiger partial charge in [0.25, 0.3) is 5.91 Å². The first-order valence-electron chi connectivity index (χ1n) is 9.04. The molecule has 0 fully saturated rings. The van der Waals surface area contributed by atoms with Crippen LogP contribution in [0, 0.1) is 0 Å². The second-order valence-corrected chi connectivity index (χ2v) is 7.32. The Kier molecular flexibility index (Phi) is 6.39. The van der Waals surface area contributed by atoms with Crippen molar-refractivity contribution in [2.45, 2.75) is 44.4 Å². The molecule has 2 heterocycles. The van der Waals surface area contributed by atoms with Crippen LogP contribution in [0.3, 0.4) is 0 Å². The number of hydrogen-bond donors (Lipinski definition) is 2. The number of carbonyl (C=O) groups excluding carboxylic acids is 2. The predicted octanol–water partition coefficient (Wildman–Crippen LogP) is 2.56. The third-order valence-corrected chi connectivity index (χ3v) is 5.12. The molecule has 1 unspecified atom stereocenters. The van der Waals surface area contributed by atoms with E-state index in [0.717, 1.165) is 29.2 Å². The zero-order valence-electron chi connectivity index (χ0n) is 15.5. The lowest BCUT2D eigenvalue weighted by Gasteiger charge is -2.16. The van der Waals surface area contributed by atoms with Crippen molar-refractivity contribution in [2.24, 2.45) is 0 Å². The molecule has 0 spiro atoms. The van der Waals surface area contributed by atoms with Crippen molar-refractivity contribution < 1.29 is 14.3 Å². The summed E-state index contributed by atoms with van der Waals surface area (Å²) in [5, 5.41) is 10.3. The van der Waals surface area contributed by atoms with Gasteiger partial charge in [-0.05, 0) is 25.5 Å². The lowest BCUT2D eigenvalue weighted by molar-refractivity contribution is -0.123. The fourth-order valence-corrected chi connectivity index (χ4v) is 3.79. The summed E-state index contributed by atoms with van der Waals surface area (Å²) < 4.78 is 7.28. The van der Waals surface area contributed by atoms with Gasteiger partial charge in [0.15, 0.2) is 6.10 Å². The van der Waals surface area contributed by atoms with Gasteiger partial charge in [-0.1, -0.05) is 25.1 Å². The number of thioether (sulfide) groups is 1. The van der Waals surface area contributed by atoms with Gasteiger partial charge >= 0.3 is 0 Å². The summed E-state index contributed by atoms with van der Waals surface area (Å²) in [7, 11) is 0. The summed E-state index contributed by atoms with van der Waals surface area (Å²) in [6, 6.07) is 9.21. The SMILES string of the molecule is CCCNC(=O)Cn1nc2c(c1NC(=O)C(C)Oc1ccccc1)CSC2. The highest BCUT2D eigenvalue weighted by Gasteiger charge is 2.26. The molecule has 2 aromatic rings. The smallest absolute Gasteiger partial charge is 0.266 e. The van der Waals surface area contributed by atoms with Crippen LogP contribution >= 0.6 is 11.8 Å². The van der Waals surface area contributed by atoms with E-state index in [1.54, 1.807) is 35.5 Å². The van der Waals surface area contributed by atoms with Gasteiger partial charge in [0.2, 0.25) is 5.91 Å². The molecular weight excluding hydrogens is 364 g/mol. The number of nitrogens with one attached hydrogen (secondary N) is 2. The third kappa shape index (κ3) is 4.82. The van der Waals surface area contributed by atoms with Gasteiger partial charge in [-0.25, -0.2) is 4.68 Å². The first kappa shape index (κ1) is 19.3. The van der Waals surface area contributed by atoms with Gasteiger partial charge < -0.3 is 15.4 Å². The Morgan fingerprint density at radius 3 is 2.81 bits per heavy atom. The van der Waals surface area contributed by atoms with Crippen molar-refractivity contribution in [3.63, 3.8) is 0 Å². The van der Waals surface area contributed by atoms with E-state index in [2.05, 4.69) is 15.7 Å². The number of hydrogen-bond acceptors (Lipinski definition) is 5. The van der Waals surface area contributed by atoms with E-state index in [1.807, 2.05) is 25.1 Å². The summed E-state index contributed by atoms with van der Waals surface area (Å²) in [6.45, 7) is 4.41. The Morgan fingerprint density at radius 1 is 1.30 bits per heavy atom. The van der Waals surface area contributed by atoms with Crippen LogP contribution in [0.4, 0.5) is 5.82 Å². The lowest BCUT2D eigenvalue weighted by Crippen LogP contribution is -2.33. The maximum Gasteiger partial charge on any atom is 0.266 e. The van der Waals surface area contributed by atoms with Gasteiger partial charge in [-0.2, -0.15) is 16.9 Å². The van der Waals surface area contributed by atoms with E-state index in [-0.39, 0.29) is 18.4 Å². The fraction of sp³-hybridized carbons (Fsp3) is 0.421. The Labute approximate surface area is 162 Å². The molecule has 1 aliphatic rings. The van der Waals surface area contributed by atoms with Crippen LogP contribution in [0.25, 0.3) is 0 Å². The molecule has 3 rings (SSSR count). The van der Waals surface area contributed by atoms with Crippen molar-refractivity contribution in [3.05, 3.63) is 41.6 Å². The number of fused-ring (bicyclic) bond motifs is 1. The molecule has 1 aromatic heterocycles. The highest BCUT2D eigenvalue weighted by molar-refractivity contribution is 7.98. The molecule has 0 saturated heterocycles. The molecule has 27 heavy (non-hydrogen) atoms. The predicted molar refractivity (Wildman–Crippen MR) is 106 cm³/mol. The minimum atomic E-state index is -0.672. The average Bonchev–Trinajstić information content (AvgIpc) is 3.23. The second kappa shape index (κ2) is 8.94. The summed E-state index contributed by atoms with van der Waals surface area (Å²) >= 11 is 1.74. The molecule has 0 aliphatic carbocycles. The van der Waals surface area contributed by atoms with E-state index in [4.69, 9.17) is 4.74 Å². The van der Waals surface area contributed by atoms with Crippen LogP contribution in [0.5, 0.6) is 5.75 Å². The number of benzene rings is 1. The molecular formula is C19H24N4O3S. The van der Waals surface area contributed by atoms with Crippen LogP contribution in [0.15, 0.2) is 30.3 Å². The van der Waals surface area contributed by atoms with Crippen LogP contribution in [0.2, 0.25) is 0 Å². The molecule has 2 N–H and O–H groups in total. The molecule has 0 bridgehead atoms. The normalized spacial score (nSPS) is 13.7. The fourth-order valence-electron chi connectivity index (χ4n) is 2.75. The zero-order valence-corrected chi connectivity index (χ0v) is 16.3. The number of para-hydroxylation sites is 1. The number of anilines is 1. The van der Waals surface area contributed by atoms with Crippen molar-refractivity contribution in [1.29, 1.82) is 0 Å². The van der Waals surface area contributed by atoms with Gasteiger partial charge in [0, 0.05) is 23.6 Å². The van der Waals surface area contributed by atoms with Gasteiger partial charge in [-0.15, -0.1) is 0 Å². The first-order chi connectivity index (χ1) is 13.1. The van der Waals surface area contributed by atoms with Crippen molar-refractivity contribution in [2.75, 3.05) is 11.9 Å². The lowest BCUT2D eigenvalue weighted by atomic mass is 10.2.